The highest BCUT2D eigenvalue weighted by molar-refractivity contribution is 7.89. The van der Waals surface area contributed by atoms with Crippen LogP contribution in [0.2, 0.25) is 0 Å². The molecule has 0 spiro atoms. The summed E-state index contributed by atoms with van der Waals surface area (Å²) in [6.07, 6.45) is 1.93. The molecule has 0 amide bonds. The molecule has 132 valence electrons. The monoisotopic (exact) mass is 360 g/mol. The van der Waals surface area contributed by atoms with Crippen LogP contribution in [0.15, 0.2) is 53.6 Å². The summed E-state index contributed by atoms with van der Waals surface area (Å²) in [7, 11) is 1.10. The molecule has 1 heterocycles. The van der Waals surface area contributed by atoms with Gasteiger partial charge in [0.25, 0.3) is 0 Å². The normalized spacial score (nSPS) is 11.6. The topological polar surface area (TPSA) is 69.6 Å². The van der Waals surface area contributed by atoms with Crippen LogP contribution in [0.5, 0.6) is 11.5 Å². The molecular formula is C18H20N2O4S. The minimum Gasteiger partial charge on any atom is -0.497 e. The van der Waals surface area contributed by atoms with Crippen molar-refractivity contribution in [1.82, 2.24) is 9.29 Å². The number of fused-ring (bicyclic) bond motifs is 1. The Morgan fingerprint density at radius 1 is 1.08 bits per heavy atom. The van der Waals surface area contributed by atoms with E-state index in [4.69, 9.17) is 9.47 Å². The summed E-state index contributed by atoms with van der Waals surface area (Å²) in [4.78, 5) is 0.0505. The maximum absolute atomic E-state index is 12.7. The summed E-state index contributed by atoms with van der Waals surface area (Å²) in [6.45, 7) is 0.185. The summed E-state index contributed by atoms with van der Waals surface area (Å²) in [5.41, 5.74) is 1.96. The molecule has 0 saturated heterocycles. The van der Waals surface area contributed by atoms with Crippen molar-refractivity contribution in [3.8, 4) is 11.5 Å². The summed E-state index contributed by atoms with van der Waals surface area (Å²) < 4.78 is 40.4. The first kappa shape index (κ1) is 17.3. The second-order valence-electron chi connectivity index (χ2n) is 5.62. The van der Waals surface area contributed by atoms with Crippen LogP contribution in [0.3, 0.4) is 0 Å². The van der Waals surface area contributed by atoms with Gasteiger partial charge in [-0.05, 0) is 23.8 Å². The van der Waals surface area contributed by atoms with E-state index in [0.717, 1.165) is 16.5 Å². The smallest absolute Gasteiger partial charge is 0.244 e. The molecule has 7 heteroatoms. The number of methoxy groups -OCH3 is 2. The highest BCUT2D eigenvalue weighted by Gasteiger charge is 2.21. The van der Waals surface area contributed by atoms with Crippen molar-refractivity contribution in [1.29, 1.82) is 0 Å². The third kappa shape index (κ3) is 3.33. The molecule has 0 aliphatic carbocycles. The van der Waals surface area contributed by atoms with E-state index < -0.39 is 10.0 Å². The van der Waals surface area contributed by atoms with Crippen LogP contribution >= 0.6 is 0 Å². The van der Waals surface area contributed by atoms with E-state index in [9.17, 15) is 8.42 Å². The average molecular weight is 360 g/mol. The van der Waals surface area contributed by atoms with Crippen molar-refractivity contribution in [3.05, 3.63) is 54.2 Å². The highest BCUT2D eigenvalue weighted by Crippen LogP contribution is 2.28. The lowest BCUT2D eigenvalue weighted by Crippen LogP contribution is -2.23. The van der Waals surface area contributed by atoms with E-state index in [1.54, 1.807) is 12.1 Å². The van der Waals surface area contributed by atoms with Crippen LogP contribution in [0.1, 0.15) is 5.56 Å². The first-order valence-electron chi connectivity index (χ1n) is 7.71. The van der Waals surface area contributed by atoms with E-state index in [1.807, 2.05) is 42.1 Å². The first-order chi connectivity index (χ1) is 12.0. The van der Waals surface area contributed by atoms with Crippen LogP contribution in [-0.4, -0.2) is 27.2 Å². The predicted molar refractivity (Wildman–Crippen MR) is 96.5 cm³/mol. The standard InChI is InChI=1S/C18H20N2O4S/c1-20-12-13(15-6-4-5-7-16(15)20)11-19-25(21,22)18-10-14(23-2)8-9-17(18)24-3/h4-10,12,19H,11H2,1-3H3. The molecule has 1 aromatic heterocycles. The molecule has 2 aromatic carbocycles. The SMILES string of the molecule is COc1ccc(OC)c(S(=O)(=O)NCc2cn(C)c3ccccc23)c1. The fourth-order valence-corrected chi connectivity index (χ4v) is 4.00. The number of para-hydroxylation sites is 1. The van der Waals surface area contributed by atoms with Gasteiger partial charge in [-0.25, -0.2) is 13.1 Å². The maximum Gasteiger partial charge on any atom is 0.244 e. The number of ether oxygens (including phenoxy) is 2. The quantitative estimate of drug-likeness (QED) is 0.734. The Morgan fingerprint density at radius 2 is 1.84 bits per heavy atom. The molecule has 25 heavy (non-hydrogen) atoms. The van der Waals surface area contributed by atoms with Gasteiger partial charge in [0.15, 0.2) is 0 Å². The number of aromatic nitrogens is 1. The van der Waals surface area contributed by atoms with Gasteiger partial charge in [0.2, 0.25) is 10.0 Å². The second-order valence-corrected chi connectivity index (χ2v) is 7.36. The van der Waals surface area contributed by atoms with Crippen molar-refractivity contribution in [2.24, 2.45) is 7.05 Å². The van der Waals surface area contributed by atoms with Crippen LogP contribution in [0.4, 0.5) is 0 Å². The third-order valence-electron chi connectivity index (χ3n) is 4.09. The Balaban J connectivity index is 1.92. The summed E-state index contributed by atoms with van der Waals surface area (Å²) in [6, 6.07) is 12.5. The van der Waals surface area contributed by atoms with Gasteiger partial charge in [0.05, 0.1) is 14.2 Å². The molecule has 0 aliphatic heterocycles. The minimum atomic E-state index is -3.76. The van der Waals surface area contributed by atoms with Gasteiger partial charge < -0.3 is 14.0 Å². The Morgan fingerprint density at radius 3 is 2.56 bits per heavy atom. The molecule has 3 aromatic rings. The van der Waals surface area contributed by atoms with Crippen molar-refractivity contribution >= 4 is 20.9 Å². The number of aryl methyl sites for hydroxylation is 1. The lowest BCUT2D eigenvalue weighted by molar-refractivity contribution is 0.392. The van der Waals surface area contributed by atoms with E-state index >= 15 is 0 Å². The molecule has 6 nitrogen and oxygen atoms in total. The fraction of sp³-hybridized carbons (Fsp3) is 0.222. The number of rotatable bonds is 6. The Labute approximate surface area is 147 Å². The fourth-order valence-electron chi connectivity index (χ4n) is 2.81. The zero-order valence-corrected chi connectivity index (χ0v) is 15.1. The van der Waals surface area contributed by atoms with E-state index in [1.165, 1.54) is 20.3 Å². The Kier molecular flexibility index (Phi) is 4.69. The molecule has 0 atom stereocenters. The molecular weight excluding hydrogens is 340 g/mol. The van der Waals surface area contributed by atoms with Crippen LogP contribution in [-0.2, 0) is 23.6 Å². The first-order valence-corrected chi connectivity index (χ1v) is 9.19. The van der Waals surface area contributed by atoms with Gasteiger partial charge in [-0.1, -0.05) is 18.2 Å². The van der Waals surface area contributed by atoms with Crippen LogP contribution in [0, 0.1) is 0 Å². The number of sulfonamides is 1. The van der Waals surface area contributed by atoms with Crippen LogP contribution in [0.25, 0.3) is 10.9 Å². The lowest BCUT2D eigenvalue weighted by Gasteiger charge is -2.12. The molecule has 0 bridgehead atoms. The second kappa shape index (κ2) is 6.78. The van der Waals surface area contributed by atoms with Gasteiger partial charge in [0.1, 0.15) is 16.4 Å². The van der Waals surface area contributed by atoms with Crippen LogP contribution < -0.4 is 14.2 Å². The third-order valence-corrected chi connectivity index (χ3v) is 5.51. The number of hydrogen-bond donors (Lipinski definition) is 1. The average Bonchev–Trinajstić information content (AvgIpc) is 2.96. The van der Waals surface area contributed by atoms with Gasteiger partial charge in [-0.15, -0.1) is 0 Å². The molecule has 0 saturated carbocycles. The molecule has 0 unspecified atom stereocenters. The highest BCUT2D eigenvalue weighted by atomic mass is 32.2. The zero-order valence-electron chi connectivity index (χ0n) is 14.3. The number of hydrogen-bond acceptors (Lipinski definition) is 4. The van der Waals surface area contributed by atoms with Gasteiger partial charge in [-0.2, -0.15) is 0 Å². The Hall–Kier alpha value is -2.51. The number of benzene rings is 2. The van der Waals surface area contributed by atoms with Gasteiger partial charge in [0, 0.05) is 36.8 Å². The Bertz CT molecular complexity index is 1010. The van der Waals surface area contributed by atoms with E-state index in [-0.39, 0.29) is 17.2 Å². The zero-order chi connectivity index (χ0) is 18.0. The van der Waals surface area contributed by atoms with E-state index in [0.29, 0.717) is 5.75 Å². The molecule has 3 rings (SSSR count). The molecule has 0 aliphatic rings. The molecule has 0 radical (unpaired) electrons. The van der Waals surface area contributed by atoms with Crippen molar-refractivity contribution < 1.29 is 17.9 Å². The maximum atomic E-state index is 12.7. The van der Waals surface area contributed by atoms with E-state index in [2.05, 4.69) is 4.72 Å². The van der Waals surface area contributed by atoms with Crippen molar-refractivity contribution in [3.63, 3.8) is 0 Å². The number of nitrogens with zero attached hydrogens (tertiary/aromatic N) is 1. The van der Waals surface area contributed by atoms with Gasteiger partial charge >= 0.3 is 0 Å². The summed E-state index contributed by atoms with van der Waals surface area (Å²) >= 11 is 0. The van der Waals surface area contributed by atoms with Crippen molar-refractivity contribution in [2.45, 2.75) is 11.4 Å². The largest absolute Gasteiger partial charge is 0.497 e. The summed E-state index contributed by atoms with van der Waals surface area (Å²) in [5.74, 6) is 0.720. The predicted octanol–water partition coefficient (Wildman–Crippen LogP) is 2.67. The molecule has 0 fully saturated rings. The lowest BCUT2D eigenvalue weighted by atomic mass is 10.2. The summed E-state index contributed by atoms with van der Waals surface area (Å²) in [5, 5.41) is 1.02. The minimum absolute atomic E-state index is 0.0505. The molecule has 1 N–H and O–H groups in total. The van der Waals surface area contributed by atoms with Gasteiger partial charge in [-0.3, -0.25) is 0 Å². The van der Waals surface area contributed by atoms with Crippen molar-refractivity contribution in [2.75, 3.05) is 14.2 Å². The number of nitrogens with one attached hydrogen (secondary N) is 1.